The number of pyridine rings is 1. The molecule has 0 saturated carbocycles. The van der Waals surface area contributed by atoms with Crippen LogP contribution in [0.2, 0.25) is 0 Å². The van der Waals surface area contributed by atoms with E-state index in [1.165, 1.54) is 5.56 Å². The average Bonchev–Trinajstić information content (AvgIpc) is 2.67. The highest BCUT2D eigenvalue weighted by Gasteiger charge is 2.15. The van der Waals surface area contributed by atoms with Crippen LogP contribution in [0.25, 0.3) is 0 Å². The number of nitrogens with zero attached hydrogens (tertiary/aromatic N) is 4. The molecule has 1 aromatic carbocycles. The van der Waals surface area contributed by atoms with Crippen molar-refractivity contribution in [2.45, 2.75) is 18.2 Å². The molecule has 0 aliphatic carbocycles. The van der Waals surface area contributed by atoms with Crippen molar-refractivity contribution in [3.63, 3.8) is 0 Å². The Balaban J connectivity index is 1.64. The van der Waals surface area contributed by atoms with Crippen LogP contribution in [0.4, 0.5) is 11.6 Å². The van der Waals surface area contributed by atoms with Gasteiger partial charge in [-0.15, -0.1) is 10.2 Å². The Morgan fingerprint density at radius 2 is 1.81 bits per heavy atom. The first-order chi connectivity index (χ1) is 12.9. The van der Waals surface area contributed by atoms with Gasteiger partial charge in [0.05, 0.1) is 4.90 Å². The lowest BCUT2D eigenvalue weighted by Crippen LogP contribution is -2.22. The molecule has 0 amide bonds. The molecule has 1 N–H and O–H groups in total. The lowest BCUT2D eigenvalue weighted by atomic mass is 10.2. The van der Waals surface area contributed by atoms with E-state index in [1.54, 1.807) is 42.7 Å². The summed E-state index contributed by atoms with van der Waals surface area (Å²) in [5, 5.41) is 8.12. The van der Waals surface area contributed by atoms with Gasteiger partial charge in [-0.3, -0.25) is 9.71 Å². The maximum atomic E-state index is 12.4. The molecule has 8 heteroatoms. The standard InChI is InChI=1S/C19H21N5O2S/c1-15-4-3-5-17(14-15)27(25,26)23-18-6-7-19(22-21-18)24(2)13-10-16-8-11-20-12-9-16/h3-9,11-12,14H,10,13H2,1-2H3,(H,21,23). The Hall–Kier alpha value is -3.00. The highest BCUT2D eigenvalue weighted by atomic mass is 32.2. The third kappa shape index (κ3) is 5.01. The number of nitrogens with one attached hydrogen (secondary N) is 1. The van der Waals surface area contributed by atoms with Crippen LogP contribution in [0.5, 0.6) is 0 Å². The van der Waals surface area contributed by atoms with E-state index in [-0.39, 0.29) is 10.7 Å². The van der Waals surface area contributed by atoms with E-state index in [9.17, 15) is 8.42 Å². The highest BCUT2D eigenvalue weighted by Crippen LogP contribution is 2.17. The molecular weight excluding hydrogens is 362 g/mol. The topological polar surface area (TPSA) is 88.1 Å². The molecule has 0 aliphatic heterocycles. The molecule has 27 heavy (non-hydrogen) atoms. The number of rotatable bonds is 7. The minimum Gasteiger partial charge on any atom is -0.358 e. The first kappa shape index (κ1) is 18.8. The van der Waals surface area contributed by atoms with Crippen LogP contribution in [0.15, 0.2) is 65.8 Å². The van der Waals surface area contributed by atoms with Gasteiger partial charge in [-0.25, -0.2) is 8.42 Å². The molecule has 140 valence electrons. The van der Waals surface area contributed by atoms with Crippen molar-refractivity contribution in [2.24, 2.45) is 0 Å². The quantitative estimate of drug-likeness (QED) is 0.675. The van der Waals surface area contributed by atoms with Crippen LogP contribution < -0.4 is 9.62 Å². The second kappa shape index (κ2) is 8.13. The first-order valence-electron chi connectivity index (χ1n) is 8.47. The van der Waals surface area contributed by atoms with Crippen LogP contribution in [0, 0.1) is 6.92 Å². The zero-order valence-corrected chi connectivity index (χ0v) is 16.0. The SMILES string of the molecule is Cc1cccc(S(=O)(=O)Nc2ccc(N(C)CCc3ccncc3)nn2)c1. The van der Waals surface area contributed by atoms with E-state index < -0.39 is 10.0 Å². The fourth-order valence-corrected chi connectivity index (χ4v) is 3.62. The summed E-state index contributed by atoms with van der Waals surface area (Å²) in [4.78, 5) is 6.17. The fourth-order valence-electron chi connectivity index (χ4n) is 2.52. The number of anilines is 2. The van der Waals surface area contributed by atoms with E-state index in [1.807, 2.05) is 37.1 Å². The third-order valence-electron chi connectivity index (χ3n) is 4.07. The molecule has 2 aromatic heterocycles. The van der Waals surface area contributed by atoms with Crippen molar-refractivity contribution < 1.29 is 8.42 Å². The van der Waals surface area contributed by atoms with Crippen molar-refractivity contribution >= 4 is 21.7 Å². The van der Waals surface area contributed by atoms with Gasteiger partial charge < -0.3 is 4.90 Å². The summed E-state index contributed by atoms with van der Waals surface area (Å²) in [6.07, 6.45) is 4.39. The zero-order valence-electron chi connectivity index (χ0n) is 15.2. The summed E-state index contributed by atoms with van der Waals surface area (Å²) < 4.78 is 27.3. The molecule has 0 radical (unpaired) electrons. The van der Waals surface area contributed by atoms with Crippen molar-refractivity contribution in [2.75, 3.05) is 23.2 Å². The van der Waals surface area contributed by atoms with Crippen LogP contribution in [-0.4, -0.2) is 37.2 Å². The predicted octanol–water partition coefficient (Wildman–Crippen LogP) is 2.66. The molecular formula is C19H21N5O2S. The lowest BCUT2D eigenvalue weighted by Gasteiger charge is -2.17. The maximum absolute atomic E-state index is 12.4. The van der Waals surface area contributed by atoms with Gasteiger partial charge in [0, 0.05) is 26.0 Å². The summed E-state index contributed by atoms with van der Waals surface area (Å²) in [5.41, 5.74) is 2.06. The van der Waals surface area contributed by atoms with E-state index in [0.717, 1.165) is 18.5 Å². The van der Waals surface area contributed by atoms with Crippen molar-refractivity contribution in [1.82, 2.24) is 15.2 Å². The summed E-state index contributed by atoms with van der Waals surface area (Å²) in [6.45, 7) is 2.60. The van der Waals surface area contributed by atoms with Crippen LogP contribution in [-0.2, 0) is 16.4 Å². The smallest absolute Gasteiger partial charge is 0.263 e. The van der Waals surface area contributed by atoms with E-state index in [2.05, 4.69) is 19.9 Å². The molecule has 0 saturated heterocycles. The van der Waals surface area contributed by atoms with Gasteiger partial charge in [-0.2, -0.15) is 0 Å². The van der Waals surface area contributed by atoms with Gasteiger partial charge in [-0.05, 0) is 60.9 Å². The Morgan fingerprint density at radius 3 is 2.48 bits per heavy atom. The van der Waals surface area contributed by atoms with Gasteiger partial charge in [-0.1, -0.05) is 12.1 Å². The van der Waals surface area contributed by atoms with Crippen LogP contribution in [0.1, 0.15) is 11.1 Å². The summed E-state index contributed by atoms with van der Waals surface area (Å²) in [7, 11) is -1.77. The molecule has 0 atom stereocenters. The third-order valence-corrected chi connectivity index (χ3v) is 5.42. The van der Waals surface area contributed by atoms with E-state index >= 15 is 0 Å². The van der Waals surface area contributed by atoms with Crippen molar-refractivity contribution in [3.05, 3.63) is 72.1 Å². The minimum absolute atomic E-state index is 0.183. The Kier molecular flexibility index (Phi) is 5.66. The molecule has 7 nitrogen and oxygen atoms in total. The first-order valence-corrected chi connectivity index (χ1v) is 9.96. The Bertz CT molecular complexity index is 992. The number of hydrogen-bond acceptors (Lipinski definition) is 6. The number of likely N-dealkylation sites (N-methyl/N-ethyl adjacent to an activating group) is 1. The fraction of sp³-hybridized carbons (Fsp3) is 0.211. The molecule has 0 spiro atoms. The monoisotopic (exact) mass is 383 g/mol. The van der Waals surface area contributed by atoms with Crippen molar-refractivity contribution in [1.29, 1.82) is 0 Å². The second-order valence-corrected chi connectivity index (χ2v) is 7.91. The number of hydrogen-bond donors (Lipinski definition) is 1. The van der Waals surface area contributed by atoms with Crippen LogP contribution in [0.3, 0.4) is 0 Å². The summed E-state index contributed by atoms with van der Waals surface area (Å²) in [5.74, 6) is 0.852. The van der Waals surface area contributed by atoms with E-state index in [0.29, 0.717) is 5.82 Å². The number of sulfonamides is 1. The second-order valence-electron chi connectivity index (χ2n) is 6.23. The Labute approximate surface area is 159 Å². The largest absolute Gasteiger partial charge is 0.358 e. The molecule has 3 rings (SSSR count). The number of aromatic nitrogens is 3. The molecule has 0 bridgehead atoms. The molecule has 3 aromatic rings. The van der Waals surface area contributed by atoms with Gasteiger partial charge in [0.2, 0.25) is 0 Å². The molecule has 0 fully saturated rings. The highest BCUT2D eigenvalue weighted by molar-refractivity contribution is 7.92. The molecule has 0 unspecified atom stereocenters. The maximum Gasteiger partial charge on any atom is 0.263 e. The lowest BCUT2D eigenvalue weighted by molar-refractivity contribution is 0.601. The number of aryl methyl sites for hydroxylation is 1. The average molecular weight is 383 g/mol. The van der Waals surface area contributed by atoms with Gasteiger partial charge >= 0.3 is 0 Å². The zero-order chi connectivity index (χ0) is 19.3. The van der Waals surface area contributed by atoms with Gasteiger partial charge in [0.1, 0.15) is 0 Å². The molecule has 2 heterocycles. The van der Waals surface area contributed by atoms with Gasteiger partial charge in [0.15, 0.2) is 11.6 Å². The summed E-state index contributed by atoms with van der Waals surface area (Å²) >= 11 is 0. The van der Waals surface area contributed by atoms with E-state index in [4.69, 9.17) is 0 Å². The minimum atomic E-state index is -3.69. The number of benzene rings is 1. The predicted molar refractivity (Wildman–Crippen MR) is 105 cm³/mol. The van der Waals surface area contributed by atoms with Crippen LogP contribution >= 0.6 is 0 Å². The van der Waals surface area contributed by atoms with Gasteiger partial charge in [0.25, 0.3) is 10.0 Å². The normalized spacial score (nSPS) is 11.2. The summed E-state index contributed by atoms with van der Waals surface area (Å²) in [6, 6.07) is 14.0. The van der Waals surface area contributed by atoms with Crippen molar-refractivity contribution in [3.8, 4) is 0 Å². The Morgan fingerprint density at radius 1 is 1.04 bits per heavy atom. The molecule has 0 aliphatic rings.